The van der Waals surface area contributed by atoms with Crippen molar-refractivity contribution in [1.29, 1.82) is 0 Å². The van der Waals surface area contributed by atoms with Gasteiger partial charge in [-0.3, -0.25) is 19.7 Å². The molecule has 0 saturated heterocycles. The molecular formula is C9H10N2O5S2. The largest absolute Gasteiger partial charge is 0.481 e. The van der Waals surface area contributed by atoms with Gasteiger partial charge in [-0.1, -0.05) is 11.3 Å². The number of thiophene rings is 1. The molecule has 0 unspecified atom stereocenters. The third kappa shape index (κ3) is 4.72. The van der Waals surface area contributed by atoms with Crippen LogP contribution in [0.2, 0.25) is 0 Å². The summed E-state index contributed by atoms with van der Waals surface area (Å²) in [6.45, 7) is 0.322. The second-order valence-corrected chi connectivity index (χ2v) is 5.26. The monoisotopic (exact) mass is 290 g/mol. The van der Waals surface area contributed by atoms with Crippen LogP contribution in [0.25, 0.3) is 0 Å². The molecule has 0 aromatic carbocycles. The molecule has 0 spiro atoms. The third-order valence-corrected chi connectivity index (χ3v) is 3.73. The predicted molar refractivity (Wildman–Crippen MR) is 68.3 cm³/mol. The summed E-state index contributed by atoms with van der Waals surface area (Å²) in [5.74, 6) is -0.824. The number of carboxylic acid groups (broad SMARTS) is 1. The van der Waals surface area contributed by atoms with Crippen molar-refractivity contribution in [2.45, 2.75) is 0 Å². The van der Waals surface area contributed by atoms with Crippen LogP contribution in [0.4, 0.5) is 5.00 Å². The van der Waals surface area contributed by atoms with Gasteiger partial charge in [-0.15, -0.1) is 11.8 Å². The maximum Gasteiger partial charge on any atom is 0.324 e. The van der Waals surface area contributed by atoms with Crippen molar-refractivity contribution in [3.05, 3.63) is 27.1 Å². The van der Waals surface area contributed by atoms with Crippen molar-refractivity contribution in [2.24, 2.45) is 0 Å². The number of hydrogen-bond acceptors (Lipinski definition) is 6. The number of aliphatic carboxylic acids is 1. The fraction of sp³-hybridized carbons (Fsp3) is 0.333. The van der Waals surface area contributed by atoms with Gasteiger partial charge in [0.2, 0.25) is 0 Å². The van der Waals surface area contributed by atoms with E-state index in [1.165, 1.54) is 23.9 Å². The van der Waals surface area contributed by atoms with Crippen LogP contribution in [-0.4, -0.2) is 40.0 Å². The van der Waals surface area contributed by atoms with E-state index in [1.54, 1.807) is 0 Å². The molecule has 1 heterocycles. The maximum absolute atomic E-state index is 11.5. The van der Waals surface area contributed by atoms with Gasteiger partial charge in [0.1, 0.15) is 0 Å². The first kappa shape index (κ1) is 14.5. The Balaban J connectivity index is 2.32. The van der Waals surface area contributed by atoms with Crippen LogP contribution < -0.4 is 5.32 Å². The van der Waals surface area contributed by atoms with Crippen molar-refractivity contribution in [3.8, 4) is 0 Å². The van der Waals surface area contributed by atoms with Crippen molar-refractivity contribution in [2.75, 3.05) is 18.1 Å². The fourth-order valence-electron chi connectivity index (χ4n) is 1.03. The lowest BCUT2D eigenvalue weighted by atomic mass is 10.4. The van der Waals surface area contributed by atoms with Gasteiger partial charge in [0, 0.05) is 18.4 Å². The summed E-state index contributed by atoms with van der Waals surface area (Å²) in [5.41, 5.74) is 0. The Bertz CT molecular complexity index is 460. The van der Waals surface area contributed by atoms with Crippen LogP contribution in [0.15, 0.2) is 12.1 Å². The highest BCUT2D eigenvalue weighted by Gasteiger charge is 2.14. The van der Waals surface area contributed by atoms with Gasteiger partial charge in [-0.25, -0.2) is 0 Å². The smallest absolute Gasteiger partial charge is 0.324 e. The Kier molecular flexibility index (Phi) is 5.59. The van der Waals surface area contributed by atoms with E-state index in [2.05, 4.69) is 5.32 Å². The average molecular weight is 290 g/mol. The molecular weight excluding hydrogens is 280 g/mol. The number of nitrogens with zero attached hydrogens (tertiary/aromatic N) is 1. The number of nitrogens with one attached hydrogen (secondary N) is 1. The zero-order valence-corrected chi connectivity index (χ0v) is 10.8. The number of hydrogen-bond donors (Lipinski definition) is 2. The number of nitro groups is 1. The molecule has 1 rings (SSSR count). The van der Waals surface area contributed by atoms with Crippen LogP contribution in [-0.2, 0) is 4.79 Å². The Hall–Kier alpha value is -1.61. The quantitative estimate of drug-likeness (QED) is 0.443. The summed E-state index contributed by atoms with van der Waals surface area (Å²) in [4.78, 5) is 31.9. The average Bonchev–Trinajstić information content (AvgIpc) is 2.77. The lowest BCUT2D eigenvalue weighted by molar-refractivity contribution is -0.380. The van der Waals surface area contributed by atoms with E-state index >= 15 is 0 Å². The van der Waals surface area contributed by atoms with E-state index in [9.17, 15) is 19.7 Å². The van der Waals surface area contributed by atoms with Gasteiger partial charge >= 0.3 is 11.0 Å². The highest BCUT2D eigenvalue weighted by atomic mass is 32.2. The van der Waals surface area contributed by atoms with E-state index < -0.39 is 10.9 Å². The molecule has 1 aromatic heterocycles. The number of amides is 1. The molecule has 18 heavy (non-hydrogen) atoms. The van der Waals surface area contributed by atoms with E-state index in [4.69, 9.17) is 5.11 Å². The van der Waals surface area contributed by atoms with E-state index in [-0.39, 0.29) is 21.5 Å². The van der Waals surface area contributed by atoms with Crippen molar-refractivity contribution in [3.63, 3.8) is 0 Å². The van der Waals surface area contributed by atoms with E-state index in [0.717, 1.165) is 11.3 Å². The van der Waals surface area contributed by atoms with Gasteiger partial charge < -0.3 is 10.4 Å². The topological polar surface area (TPSA) is 110 Å². The summed E-state index contributed by atoms with van der Waals surface area (Å²) in [6, 6.07) is 2.67. The number of carbonyl (C=O) groups excluding carboxylic acids is 1. The minimum atomic E-state index is -0.903. The lowest BCUT2D eigenvalue weighted by Gasteiger charge is -2.01. The van der Waals surface area contributed by atoms with Crippen molar-refractivity contribution in [1.82, 2.24) is 5.32 Å². The summed E-state index contributed by atoms with van der Waals surface area (Å²) < 4.78 is 0. The van der Waals surface area contributed by atoms with Gasteiger partial charge in [-0.05, 0) is 6.07 Å². The molecule has 0 atom stereocenters. The van der Waals surface area contributed by atoms with Crippen molar-refractivity contribution >= 4 is 40.0 Å². The van der Waals surface area contributed by atoms with Crippen LogP contribution in [0.3, 0.4) is 0 Å². The summed E-state index contributed by atoms with van der Waals surface area (Å²) in [5, 5.41) is 21.3. The van der Waals surface area contributed by atoms with E-state index in [0.29, 0.717) is 12.3 Å². The summed E-state index contributed by atoms with van der Waals surface area (Å²) >= 11 is 2.00. The molecule has 9 heteroatoms. The number of thioether (sulfide) groups is 1. The number of rotatable bonds is 7. The zero-order valence-electron chi connectivity index (χ0n) is 9.12. The highest BCUT2D eigenvalue weighted by molar-refractivity contribution is 7.99. The number of carbonyl (C=O) groups is 2. The molecule has 7 nitrogen and oxygen atoms in total. The second-order valence-electron chi connectivity index (χ2n) is 3.10. The SMILES string of the molecule is O=C(O)CSCCNC(=O)c1ccc([N+](=O)[O-])s1. The minimum Gasteiger partial charge on any atom is -0.481 e. The Morgan fingerprint density at radius 2 is 2.22 bits per heavy atom. The van der Waals surface area contributed by atoms with E-state index in [1.807, 2.05) is 0 Å². The Morgan fingerprint density at radius 1 is 1.50 bits per heavy atom. The molecule has 0 aliphatic carbocycles. The first-order chi connectivity index (χ1) is 8.50. The van der Waals surface area contributed by atoms with Crippen LogP contribution in [0, 0.1) is 10.1 Å². The Labute approximate surface area is 110 Å². The molecule has 2 N–H and O–H groups in total. The first-order valence-electron chi connectivity index (χ1n) is 4.82. The second kappa shape index (κ2) is 6.97. The molecule has 0 radical (unpaired) electrons. The molecule has 98 valence electrons. The van der Waals surface area contributed by atoms with Crippen LogP contribution in [0.5, 0.6) is 0 Å². The maximum atomic E-state index is 11.5. The predicted octanol–water partition coefficient (Wildman–Crippen LogP) is 1.20. The standard InChI is InChI=1S/C9H10N2O5S2/c12-8(13)5-17-4-3-10-9(14)6-1-2-7(18-6)11(15)16/h1-2H,3-5H2,(H,10,14)(H,12,13). The van der Waals surface area contributed by atoms with Crippen molar-refractivity contribution < 1.29 is 19.6 Å². The lowest BCUT2D eigenvalue weighted by Crippen LogP contribution is -2.25. The molecule has 1 amide bonds. The fourth-order valence-corrected chi connectivity index (χ4v) is 2.33. The van der Waals surface area contributed by atoms with Gasteiger partial charge in [0.05, 0.1) is 15.6 Å². The Morgan fingerprint density at radius 3 is 2.78 bits per heavy atom. The number of carboxylic acids is 1. The summed E-state index contributed by atoms with van der Waals surface area (Å²) in [7, 11) is 0. The molecule has 0 aliphatic rings. The normalized spacial score (nSPS) is 10.0. The summed E-state index contributed by atoms with van der Waals surface area (Å²) in [6.07, 6.45) is 0. The van der Waals surface area contributed by atoms with Gasteiger partial charge in [0.25, 0.3) is 5.91 Å². The molecule has 0 saturated carbocycles. The van der Waals surface area contributed by atoms with Crippen LogP contribution >= 0.6 is 23.1 Å². The molecule has 0 fully saturated rings. The first-order valence-corrected chi connectivity index (χ1v) is 6.80. The highest BCUT2D eigenvalue weighted by Crippen LogP contribution is 2.23. The molecule has 0 bridgehead atoms. The van der Waals surface area contributed by atoms with Crippen LogP contribution in [0.1, 0.15) is 9.67 Å². The third-order valence-electron chi connectivity index (χ3n) is 1.75. The van der Waals surface area contributed by atoms with Gasteiger partial charge in [-0.2, -0.15) is 0 Å². The van der Waals surface area contributed by atoms with Gasteiger partial charge in [0.15, 0.2) is 0 Å². The minimum absolute atomic E-state index is 0.0135. The molecule has 0 aliphatic heterocycles. The molecule has 1 aromatic rings. The zero-order chi connectivity index (χ0) is 13.5.